The summed E-state index contributed by atoms with van der Waals surface area (Å²) in [4.78, 5) is 12.2. The average Bonchev–Trinajstić information content (AvgIpc) is 2.67. The van der Waals surface area contributed by atoms with E-state index in [1.165, 1.54) is 0 Å². The second-order valence-electron chi connectivity index (χ2n) is 11.5. The van der Waals surface area contributed by atoms with Gasteiger partial charge in [0.25, 0.3) is 0 Å². The lowest BCUT2D eigenvalue weighted by Crippen LogP contribution is -2.49. The van der Waals surface area contributed by atoms with E-state index in [-0.39, 0.29) is 41.8 Å². The molecular formula is C26H46O5Si2. The third-order valence-corrected chi connectivity index (χ3v) is 11.6. The number of esters is 1. The summed E-state index contributed by atoms with van der Waals surface area (Å²) in [6.07, 6.45) is 6.84. The first-order chi connectivity index (χ1) is 15.1. The minimum atomic E-state index is -2.10. The molecule has 1 saturated heterocycles. The van der Waals surface area contributed by atoms with Crippen molar-refractivity contribution in [1.29, 1.82) is 0 Å². The van der Waals surface area contributed by atoms with Gasteiger partial charge in [0.05, 0.1) is 18.6 Å². The third-order valence-electron chi connectivity index (χ3n) is 6.18. The number of allylic oxidation sites excluding steroid dienone is 2. The molecule has 5 nitrogen and oxygen atoms in total. The molecule has 1 rings (SSSR count). The Morgan fingerprint density at radius 2 is 1.85 bits per heavy atom. The molecule has 0 spiro atoms. The number of carbonyl (C=O) groups is 1. The van der Waals surface area contributed by atoms with E-state index in [0.29, 0.717) is 12.8 Å². The minimum Gasteiger partial charge on any atom is -0.459 e. The summed E-state index contributed by atoms with van der Waals surface area (Å²) in [5.41, 5.74) is 4.42. The Kier molecular flexibility index (Phi) is 11.3. The van der Waals surface area contributed by atoms with Crippen molar-refractivity contribution < 1.29 is 23.4 Å². The summed E-state index contributed by atoms with van der Waals surface area (Å²) in [6.45, 7) is 19.8. The molecule has 4 atom stereocenters. The quantitative estimate of drug-likeness (QED) is 0.173. The van der Waals surface area contributed by atoms with E-state index in [9.17, 15) is 4.79 Å². The van der Waals surface area contributed by atoms with Crippen molar-refractivity contribution >= 4 is 22.4 Å². The van der Waals surface area contributed by atoms with E-state index in [4.69, 9.17) is 18.6 Å². The second kappa shape index (κ2) is 12.5. The number of cyclic esters (lactones) is 1. The molecule has 188 valence electrons. The highest BCUT2D eigenvalue weighted by atomic mass is 28.4. The maximum Gasteiger partial charge on any atom is 0.308 e. The van der Waals surface area contributed by atoms with Crippen LogP contribution in [0.4, 0.5) is 0 Å². The van der Waals surface area contributed by atoms with Crippen LogP contribution < -0.4 is 0 Å². The number of hydrogen-bond donors (Lipinski definition) is 0. The van der Waals surface area contributed by atoms with E-state index in [1.807, 2.05) is 19.1 Å². The molecule has 0 N–H and O–H groups in total. The number of methoxy groups -OCH3 is 2. The molecule has 7 heteroatoms. The highest BCUT2D eigenvalue weighted by Gasteiger charge is 2.42. The molecule has 0 amide bonds. The van der Waals surface area contributed by atoms with Crippen molar-refractivity contribution in [2.45, 2.75) is 109 Å². The zero-order valence-electron chi connectivity index (χ0n) is 22.7. The van der Waals surface area contributed by atoms with E-state index in [1.54, 1.807) is 14.2 Å². The van der Waals surface area contributed by atoms with Gasteiger partial charge in [-0.25, -0.2) is 0 Å². The molecule has 1 aliphatic rings. The molecule has 1 fully saturated rings. The fourth-order valence-corrected chi connectivity index (χ4v) is 5.02. The Bertz CT molecular complexity index is 762. The van der Waals surface area contributed by atoms with Crippen molar-refractivity contribution in [2.24, 2.45) is 0 Å². The molecule has 0 aromatic carbocycles. The van der Waals surface area contributed by atoms with Crippen molar-refractivity contribution in [3.63, 3.8) is 0 Å². The Balaban J connectivity index is 3.11. The molecule has 0 aromatic rings. The fraction of sp³-hybridized carbons (Fsp3) is 0.731. The maximum atomic E-state index is 12.2. The monoisotopic (exact) mass is 494 g/mol. The van der Waals surface area contributed by atoms with Crippen LogP contribution in [0, 0.1) is 11.5 Å². The molecule has 1 heterocycles. The smallest absolute Gasteiger partial charge is 0.308 e. The topological polar surface area (TPSA) is 54.0 Å². The van der Waals surface area contributed by atoms with Crippen LogP contribution in [0.3, 0.4) is 0 Å². The zero-order chi connectivity index (χ0) is 25.4. The van der Waals surface area contributed by atoms with Crippen molar-refractivity contribution in [3.05, 3.63) is 23.8 Å². The second-order valence-corrected chi connectivity index (χ2v) is 21.0. The molecule has 1 aliphatic heterocycles. The SMILES string of the molecule is CO[C@H]1CC(=O)O[C@@H]([C@@H](/C=C(C)/C=C/[C@@H](CC#C[Si](C)(C)C)OC)O[Si](C)(C)C(C)(C)C)C1. The van der Waals surface area contributed by atoms with Gasteiger partial charge in [0.1, 0.15) is 20.3 Å². The van der Waals surface area contributed by atoms with Gasteiger partial charge in [-0.2, -0.15) is 0 Å². The zero-order valence-corrected chi connectivity index (χ0v) is 24.7. The van der Waals surface area contributed by atoms with Crippen LogP contribution in [-0.2, 0) is 23.4 Å². The molecule has 33 heavy (non-hydrogen) atoms. The highest BCUT2D eigenvalue weighted by Crippen LogP contribution is 2.39. The first-order valence-electron chi connectivity index (χ1n) is 11.9. The van der Waals surface area contributed by atoms with Gasteiger partial charge in [0.2, 0.25) is 0 Å². The Morgan fingerprint density at radius 3 is 2.36 bits per heavy atom. The molecular weight excluding hydrogens is 448 g/mol. The minimum absolute atomic E-state index is 0.0400. The van der Waals surface area contributed by atoms with Crippen LogP contribution in [0.5, 0.6) is 0 Å². The number of carbonyl (C=O) groups excluding carboxylic acids is 1. The highest BCUT2D eigenvalue weighted by molar-refractivity contribution is 6.83. The van der Waals surface area contributed by atoms with Gasteiger partial charge in [-0.3, -0.25) is 4.79 Å². The van der Waals surface area contributed by atoms with E-state index >= 15 is 0 Å². The van der Waals surface area contributed by atoms with Gasteiger partial charge in [0.15, 0.2) is 8.32 Å². The first kappa shape index (κ1) is 29.9. The van der Waals surface area contributed by atoms with Crippen molar-refractivity contribution in [2.75, 3.05) is 14.2 Å². The standard InChI is InChI=1S/C26H46O5Si2/c1-20(14-15-21(28-5)13-12-16-32(7,8)9)17-24(31-33(10,11)26(2,3)4)23-18-22(29-6)19-25(27)30-23/h14-15,17,21-24H,13,18-19H2,1-11H3/b15-14+,20-17+/t21-,22-,23-,24-/m1/s1. The van der Waals surface area contributed by atoms with Crippen LogP contribution >= 0.6 is 0 Å². The summed E-state index contributed by atoms with van der Waals surface area (Å²) in [5.74, 6) is 3.05. The number of ether oxygens (including phenoxy) is 3. The summed E-state index contributed by atoms with van der Waals surface area (Å²) in [5, 5.41) is 0.0400. The van der Waals surface area contributed by atoms with E-state index in [0.717, 1.165) is 5.57 Å². The molecule has 0 aromatic heterocycles. The molecule has 0 unspecified atom stereocenters. The molecule has 0 radical (unpaired) electrons. The van der Waals surface area contributed by atoms with Crippen LogP contribution in [-0.4, -0.2) is 61.0 Å². The van der Waals surface area contributed by atoms with Crippen LogP contribution in [0.15, 0.2) is 23.8 Å². The molecule has 0 bridgehead atoms. The van der Waals surface area contributed by atoms with Crippen molar-refractivity contribution in [3.8, 4) is 11.5 Å². The number of rotatable bonds is 9. The lowest BCUT2D eigenvalue weighted by molar-refractivity contribution is -0.167. The van der Waals surface area contributed by atoms with Gasteiger partial charge >= 0.3 is 5.97 Å². The van der Waals surface area contributed by atoms with Crippen LogP contribution in [0.1, 0.15) is 47.0 Å². The lowest BCUT2D eigenvalue weighted by atomic mass is 9.99. The normalized spacial score (nSPS) is 22.5. The fourth-order valence-electron chi connectivity index (χ4n) is 3.13. The van der Waals surface area contributed by atoms with Gasteiger partial charge in [-0.15, -0.1) is 11.5 Å². The third kappa shape index (κ3) is 10.7. The Morgan fingerprint density at radius 1 is 1.21 bits per heavy atom. The van der Waals surface area contributed by atoms with Gasteiger partial charge in [-0.1, -0.05) is 64.2 Å². The summed E-state index contributed by atoms with van der Waals surface area (Å²) < 4.78 is 23.6. The average molecular weight is 495 g/mol. The predicted molar refractivity (Wildman–Crippen MR) is 141 cm³/mol. The Hall–Kier alpha value is -1.18. The predicted octanol–water partition coefficient (Wildman–Crippen LogP) is 5.89. The van der Waals surface area contributed by atoms with Gasteiger partial charge < -0.3 is 18.6 Å². The summed E-state index contributed by atoms with van der Waals surface area (Å²) in [6, 6.07) is 0. The molecule has 0 aliphatic carbocycles. The van der Waals surface area contributed by atoms with Crippen LogP contribution in [0.25, 0.3) is 0 Å². The van der Waals surface area contributed by atoms with Crippen molar-refractivity contribution in [1.82, 2.24) is 0 Å². The Labute approximate surface area is 204 Å². The van der Waals surface area contributed by atoms with Gasteiger partial charge in [0, 0.05) is 27.1 Å². The largest absolute Gasteiger partial charge is 0.459 e. The van der Waals surface area contributed by atoms with E-state index in [2.05, 4.69) is 71.0 Å². The summed E-state index contributed by atoms with van der Waals surface area (Å²) >= 11 is 0. The van der Waals surface area contributed by atoms with E-state index < -0.39 is 16.4 Å². The van der Waals surface area contributed by atoms with Crippen LogP contribution in [0.2, 0.25) is 37.8 Å². The van der Waals surface area contributed by atoms with Gasteiger partial charge in [-0.05, 0) is 25.1 Å². The maximum absolute atomic E-state index is 12.2. The lowest BCUT2D eigenvalue weighted by Gasteiger charge is -2.41. The number of hydrogen-bond acceptors (Lipinski definition) is 5. The molecule has 0 saturated carbocycles. The summed E-state index contributed by atoms with van der Waals surface area (Å²) in [7, 11) is -0.141. The first-order valence-corrected chi connectivity index (χ1v) is 18.3.